The molecule has 2 N–H and O–H groups in total. The first-order valence-electron chi connectivity index (χ1n) is 5.89. The third kappa shape index (κ3) is 3.25. The molecule has 0 amide bonds. The second-order valence-corrected chi connectivity index (χ2v) is 5.82. The zero-order chi connectivity index (χ0) is 10.8. The molecular weight excluding hydrogens is 172 g/mol. The summed E-state index contributed by atoms with van der Waals surface area (Å²) in [5.41, 5.74) is 6.10. The van der Waals surface area contributed by atoms with Crippen molar-refractivity contribution in [2.45, 2.75) is 46.6 Å². The van der Waals surface area contributed by atoms with Crippen molar-refractivity contribution in [1.29, 1.82) is 0 Å². The Morgan fingerprint density at radius 1 is 1.43 bits per heavy atom. The highest BCUT2D eigenvalue weighted by atomic mass is 15.2. The van der Waals surface area contributed by atoms with Crippen LogP contribution >= 0.6 is 0 Å². The molecule has 0 aromatic carbocycles. The third-order valence-corrected chi connectivity index (χ3v) is 3.44. The van der Waals surface area contributed by atoms with Crippen LogP contribution in [-0.4, -0.2) is 30.6 Å². The maximum absolute atomic E-state index is 5.77. The highest BCUT2D eigenvalue weighted by Gasteiger charge is 2.28. The van der Waals surface area contributed by atoms with E-state index in [1.807, 2.05) is 0 Å². The van der Waals surface area contributed by atoms with Gasteiger partial charge in [0.2, 0.25) is 0 Å². The summed E-state index contributed by atoms with van der Waals surface area (Å²) in [4.78, 5) is 2.58. The Labute approximate surface area is 88.8 Å². The molecule has 1 aliphatic heterocycles. The molecule has 2 nitrogen and oxygen atoms in total. The van der Waals surface area contributed by atoms with E-state index in [4.69, 9.17) is 5.73 Å². The monoisotopic (exact) mass is 198 g/mol. The number of likely N-dealkylation sites (tertiary alicyclic amines) is 1. The van der Waals surface area contributed by atoms with Gasteiger partial charge >= 0.3 is 0 Å². The highest BCUT2D eigenvalue weighted by Crippen LogP contribution is 2.30. The summed E-state index contributed by atoms with van der Waals surface area (Å²) in [6.07, 6.45) is 2.65. The molecule has 0 radical (unpaired) electrons. The number of nitrogens with two attached hydrogens (primary N) is 1. The second kappa shape index (κ2) is 4.63. The fraction of sp³-hybridized carbons (Fsp3) is 1.00. The lowest BCUT2D eigenvalue weighted by atomic mass is 9.82. The number of hydrogen-bond donors (Lipinski definition) is 1. The van der Waals surface area contributed by atoms with Gasteiger partial charge in [-0.15, -0.1) is 0 Å². The zero-order valence-electron chi connectivity index (χ0n) is 10.2. The molecule has 14 heavy (non-hydrogen) atoms. The molecule has 0 saturated carbocycles. The van der Waals surface area contributed by atoms with Crippen LogP contribution in [0.3, 0.4) is 0 Å². The van der Waals surface area contributed by atoms with Gasteiger partial charge in [0.1, 0.15) is 0 Å². The van der Waals surface area contributed by atoms with Crippen LogP contribution in [0.5, 0.6) is 0 Å². The van der Waals surface area contributed by atoms with Crippen LogP contribution in [0.4, 0.5) is 0 Å². The first-order valence-corrected chi connectivity index (χ1v) is 5.89. The van der Waals surface area contributed by atoms with E-state index in [2.05, 4.69) is 32.6 Å². The Morgan fingerprint density at radius 3 is 2.50 bits per heavy atom. The third-order valence-electron chi connectivity index (χ3n) is 3.44. The van der Waals surface area contributed by atoms with Crippen molar-refractivity contribution in [3.05, 3.63) is 0 Å². The van der Waals surface area contributed by atoms with E-state index < -0.39 is 0 Å². The normalized spacial score (nSPS) is 24.9. The number of rotatable bonds is 4. The van der Waals surface area contributed by atoms with Gasteiger partial charge in [0, 0.05) is 12.6 Å². The molecule has 0 aliphatic carbocycles. The summed E-state index contributed by atoms with van der Waals surface area (Å²) in [6, 6.07) is 0.709. The van der Waals surface area contributed by atoms with Gasteiger partial charge in [-0.05, 0) is 51.1 Å². The first kappa shape index (κ1) is 12.0. The average molecular weight is 198 g/mol. The predicted molar refractivity (Wildman–Crippen MR) is 62.3 cm³/mol. The molecule has 1 heterocycles. The van der Waals surface area contributed by atoms with Gasteiger partial charge in [-0.25, -0.2) is 0 Å². The summed E-state index contributed by atoms with van der Waals surface area (Å²) < 4.78 is 0. The fourth-order valence-electron chi connectivity index (χ4n) is 2.36. The zero-order valence-corrected chi connectivity index (χ0v) is 10.2. The van der Waals surface area contributed by atoms with E-state index in [1.165, 1.54) is 25.9 Å². The lowest BCUT2D eigenvalue weighted by Crippen LogP contribution is -2.30. The van der Waals surface area contributed by atoms with Crippen LogP contribution in [0.2, 0.25) is 0 Å². The molecule has 84 valence electrons. The van der Waals surface area contributed by atoms with Crippen molar-refractivity contribution in [3.63, 3.8) is 0 Å². The van der Waals surface area contributed by atoms with Crippen LogP contribution in [0, 0.1) is 11.3 Å². The molecule has 1 unspecified atom stereocenters. The largest absolute Gasteiger partial charge is 0.330 e. The van der Waals surface area contributed by atoms with Crippen LogP contribution in [0.15, 0.2) is 0 Å². The maximum atomic E-state index is 5.77. The van der Waals surface area contributed by atoms with Crippen molar-refractivity contribution in [1.82, 2.24) is 4.90 Å². The highest BCUT2D eigenvalue weighted by molar-refractivity contribution is 4.82. The summed E-state index contributed by atoms with van der Waals surface area (Å²) in [7, 11) is 0. The summed E-state index contributed by atoms with van der Waals surface area (Å²) in [5, 5.41) is 0. The lowest BCUT2D eigenvalue weighted by molar-refractivity contribution is 0.235. The van der Waals surface area contributed by atoms with E-state index >= 15 is 0 Å². The summed E-state index contributed by atoms with van der Waals surface area (Å²) in [5.74, 6) is 0.871. The van der Waals surface area contributed by atoms with Gasteiger partial charge in [-0.2, -0.15) is 0 Å². The Hall–Kier alpha value is -0.0800. The van der Waals surface area contributed by atoms with Gasteiger partial charge < -0.3 is 10.6 Å². The van der Waals surface area contributed by atoms with Crippen LogP contribution < -0.4 is 5.73 Å². The van der Waals surface area contributed by atoms with E-state index in [0.717, 1.165) is 12.5 Å². The molecule has 0 aromatic heterocycles. The first-order chi connectivity index (χ1) is 6.44. The van der Waals surface area contributed by atoms with Gasteiger partial charge in [-0.3, -0.25) is 0 Å². The fourth-order valence-corrected chi connectivity index (χ4v) is 2.36. The molecule has 0 aromatic rings. The van der Waals surface area contributed by atoms with E-state index in [-0.39, 0.29) is 0 Å². The SMILES string of the molecule is CC(C)N1CCC(CC(C)(C)CN)C1. The molecule has 1 aliphatic rings. The van der Waals surface area contributed by atoms with Crippen molar-refractivity contribution < 1.29 is 0 Å². The average Bonchev–Trinajstić information content (AvgIpc) is 2.52. The van der Waals surface area contributed by atoms with Gasteiger partial charge in [0.05, 0.1) is 0 Å². The second-order valence-electron chi connectivity index (χ2n) is 5.82. The molecule has 1 saturated heterocycles. The van der Waals surface area contributed by atoms with Crippen molar-refractivity contribution in [3.8, 4) is 0 Å². The molecule has 0 spiro atoms. The summed E-state index contributed by atoms with van der Waals surface area (Å²) >= 11 is 0. The van der Waals surface area contributed by atoms with Gasteiger partial charge in [0.15, 0.2) is 0 Å². The minimum Gasteiger partial charge on any atom is -0.330 e. The van der Waals surface area contributed by atoms with Crippen molar-refractivity contribution in [2.75, 3.05) is 19.6 Å². The predicted octanol–water partition coefficient (Wildman–Crippen LogP) is 2.09. The minimum atomic E-state index is 0.331. The van der Waals surface area contributed by atoms with E-state index in [9.17, 15) is 0 Å². The standard InChI is InChI=1S/C12H26N2/c1-10(2)14-6-5-11(8-14)7-12(3,4)9-13/h10-11H,5-9,13H2,1-4H3. The molecule has 2 heteroatoms. The van der Waals surface area contributed by atoms with Gasteiger partial charge in [0.25, 0.3) is 0 Å². The smallest absolute Gasteiger partial charge is 0.00387 e. The maximum Gasteiger partial charge on any atom is 0.00387 e. The van der Waals surface area contributed by atoms with Gasteiger partial charge in [-0.1, -0.05) is 13.8 Å². The van der Waals surface area contributed by atoms with E-state index in [0.29, 0.717) is 11.5 Å². The minimum absolute atomic E-state index is 0.331. The van der Waals surface area contributed by atoms with Crippen molar-refractivity contribution in [2.24, 2.45) is 17.1 Å². The van der Waals surface area contributed by atoms with Crippen molar-refractivity contribution >= 4 is 0 Å². The molecule has 1 rings (SSSR count). The molecule has 1 fully saturated rings. The molecular formula is C12H26N2. The number of nitrogens with zero attached hydrogens (tertiary/aromatic N) is 1. The lowest BCUT2D eigenvalue weighted by Gasteiger charge is -2.27. The Kier molecular flexibility index (Phi) is 3.96. The topological polar surface area (TPSA) is 29.3 Å². The summed E-state index contributed by atoms with van der Waals surface area (Å²) in [6.45, 7) is 12.5. The molecule has 1 atom stereocenters. The molecule has 0 bridgehead atoms. The van der Waals surface area contributed by atoms with Crippen LogP contribution in [0.1, 0.15) is 40.5 Å². The number of hydrogen-bond acceptors (Lipinski definition) is 2. The van der Waals surface area contributed by atoms with E-state index in [1.54, 1.807) is 0 Å². The Balaban J connectivity index is 2.36. The Bertz CT molecular complexity index is 175. The quantitative estimate of drug-likeness (QED) is 0.749. The van der Waals surface area contributed by atoms with Crippen LogP contribution in [-0.2, 0) is 0 Å². The van der Waals surface area contributed by atoms with Crippen LogP contribution in [0.25, 0.3) is 0 Å². The Morgan fingerprint density at radius 2 is 2.07 bits per heavy atom.